The van der Waals surface area contributed by atoms with E-state index in [4.69, 9.17) is 9.72 Å². The molecule has 1 fully saturated rings. The van der Waals surface area contributed by atoms with Crippen LogP contribution in [-0.2, 0) is 22.5 Å². The Hall–Kier alpha value is -5.71. The number of pyridine rings is 1. The number of benzene rings is 3. The summed E-state index contributed by atoms with van der Waals surface area (Å²) < 4.78 is 24.8. The van der Waals surface area contributed by atoms with Crippen LogP contribution in [-0.4, -0.2) is 49.4 Å². The molecule has 10 heteroatoms. The zero-order chi connectivity index (χ0) is 33.3. The van der Waals surface area contributed by atoms with Gasteiger partial charge in [0.1, 0.15) is 17.7 Å². The van der Waals surface area contributed by atoms with Crippen molar-refractivity contribution in [2.75, 3.05) is 32.2 Å². The first kappa shape index (κ1) is 32.7. The lowest BCUT2D eigenvalue weighted by Gasteiger charge is -2.35. The molecular formula is C37H34FN5O4. The highest BCUT2D eigenvalue weighted by Gasteiger charge is 2.26. The Kier molecular flexibility index (Phi) is 10.5. The van der Waals surface area contributed by atoms with Gasteiger partial charge in [0.25, 0.3) is 0 Å². The molecule has 238 valence electrons. The van der Waals surface area contributed by atoms with E-state index in [-0.39, 0.29) is 23.8 Å². The molecule has 1 aliphatic heterocycles. The number of anilines is 1. The molecule has 0 radical (unpaired) electrons. The summed E-state index contributed by atoms with van der Waals surface area (Å²) >= 11 is 0. The first-order valence-electron chi connectivity index (χ1n) is 15.1. The second-order valence-electron chi connectivity index (χ2n) is 11.1. The average molecular weight is 632 g/mol. The van der Waals surface area contributed by atoms with Crippen LogP contribution in [0.2, 0.25) is 0 Å². The first-order valence-corrected chi connectivity index (χ1v) is 15.1. The highest BCUT2D eigenvalue weighted by Crippen LogP contribution is 2.42. The molecular weight excluding hydrogens is 597 g/mol. The van der Waals surface area contributed by atoms with Gasteiger partial charge >= 0.3 is 5.97 Å². The van der Waals surface area contributed by atoms with Gasteiger partial charge in [0.2, 0.25) is 0 Å². The number of halogens is 1. The molecule has 0 bridgehead atoms. The quantitative estimate of drug-likeness (QED) is 0.156. The van der Waals surface area contributed by atoms with Crippen molar-refractivity contribution in [2.45, 2.75) is 31.8 Å². The lowest BCUT2D eigenvalue weighted by atomic mass is 9.89. The van der Waals surface area contributed by atoms with E-state index in [0.29, 0.717) is 59.0 Å². The van der Waals surface area contributed by atoms with Crippen molar-refractivity contribution in [1.29, 1.82) is 10.5 Å². The molecule has 0 amide bonds. The summed E-state index contributed by atoms with van der Waals surface area (Å²) in [5, 5.41) is 33.4. The van der Waals surface area contributed by atoms with Crippen LogP contribution >= 0.6 is 0 Å². The summed E-state index contributed by atoms with van der Waals surface area (Å²) in [5.41, 5.74) is 4.97. The Bertz CT molecular complexity index is 1870. The fourth-order valence-corrected chi connectivity index (χ4v) is 5.77. The van der Waals surface area contributed by atoms with Crippen LogP contribution in [0.25, 0.3) is 28.3 Å². The Balaban J connectivity index is 1.39. The summed E-state index contributed by atoms with van der Waals surface area (Å²) in [5.74, 6) is -0.155. The molecule has 1 saturated heterocycles. The van der Waals surface area contributed by atoms with E-state index < -0.39 is 11.8 Å². The number of aromatic nitrogens is 1. The minimum atomic E-state index is -0.658. The third-order valence-electron chi connectivity index (χ3n) is 8.26. The van der Waals surface area contributed by atoms with Crippen molar-refractivity contribution in [3.8, 4) is 45.9 Å². The fraction of sp³-hybridized carbons (Fsp3) is 0.243. The Morgan fingerprint density at radius 2 is 1.83 bits per heavy atom. The number of methoxy groups -OCH3 is 2. The van der Waals surface area contributed by atoms with Gasteiger partial charge in [-0.15, -0.1) is 0 Å². The summed E-state index contributed by atoms with van der Waals surface area (Å²) in [4.78, 5) is 18.3. The predicted octanol–water partition coefficient (Wildman–Crippen LogP) is 6.15. The largest absolute Gasteiger partial charge is 0.504 e. The van der Waals surface area contributed by atoms with Crippen LogP contribution in [0, 0.1) is 28.5 Å². The molecule has 0 unspecified atom stereocenters. The zero-order valence-electron chi connectivity index (χ0n) is 26.2. The summed E-state index contributed by atoms with van der Waals surface area (Å²) in [7, 11) is 2.81. The van der Waals surface area contributed by atoms with Crippen molar-refractivity contribution >= 4 is 17.9 Å². The number of esters is 1. The van der Waals surface area contributed by atoms with Gasteiger partial charge in [0.15, 0.2) is 11.5 Å². The number of hydrogen-bond donors (Lipinski definition) is 2. The molecule has 2 heterocycles. The summed E-state index contributed by atoms with van der Waals surface area (Å²) in [6.45, 7) is 2.09. The molecule has 0 spiro atoms. The number of piperidine rings is 1. The molecule has 47 heavy (non-hydrogen) atoms. The number of nitrogens with zero attached hydrogens (tertiary/aromatic N) is 4. The van der Waals surface area contributed by atoms with E-state index in [9.17, 15) is 24.8 Å². The van der Waals surface area contributed by atoms with Gasteiger partial charge in [0.05, 0.1) is 32.3 Å². The van der Waals surface area contributed by atoms with Crippen LogP contribution in [0.4, 0.5) is 10.2 Å². The first-order chi connectivity index (χ1) is 22.8. The highest BCUT2D eigenvalue weighted by atomic mass is 19.1. The number of aromatic hydroxyl groups is 1. The number of carbonyl (C=O) groups excluding carboxylic acids is 1. The number of carbonyl (C=O) groups is 1. The number of phenolic OH excluding ortho intramolecular Hbond substituents is 1. The molecule has 0 aliphatic carbocycles. The molecule has 3 aromatic carbocycles. The fourth-order valence-electron chi connectivity index (χ4n) is 5.77. The van der Waals surface area contributed by atoms with Crippen LogP contribution in [0.3, 0.4) is 0 Å². The van der Waals surface area contributed by atoms with Crippen molar-refractivity contribution in [3.05, 3.63) is 101 Å². The molecule has 1 aliphatic rings. The van der Waals surface area contributed by atoms with Crippen LogP contribution in [0.5, 0.6) is 11.5 Å². The third kappa shape index (κ3) is 7.58. The standard InChI is InChI=1S/C37H34FN5O4/c1-46-34-11-10-26(20-33(34)44)31-23-42-37(30(13-16-39)36(31)27-8-9-28(21-40)32(38)19-27)43-17-14-29(15-18-43)41-22-25-5-3-24(4-6-25)7-12-35(45)47-2/h3-12,19-20,23,29,41,44H,13-15,17-18,22H2,1-2H3/b12-7+. The number of ether oxygens (including phenoxy) is 2. The monoisotopic (exact) mass is 631 g/mol. The molecule has 4 aromatic rings. The lowest BCUT2D eigenvalue weighted by molar-refractivity contribution is -0.134. The van der Waals surface area contributed by atoms with Gasteiger partial charge in [-0.1, -0.05) is 36.4 Å². The topological polar surface area (TPSA) is 132 Å². The molecule has 1 aromatic heterocycles. The summed E-state index contributed by atoms with van der Waals surface area (Å²) in [6, 6.07) is 21.7. The minimum absolute atomic E-state index is 0.0260. The number of nitriles is 2. The van der Waals surface area contributed by atoms with E-state index in [1.807, 2.05) is 30.3 Å². The zero-order valence-corrected chi connectivity index (χ0v) is 26.2. The molecule has 5 rings (SSSR count). The van der Waals surface area contributed by atoms with Crippen LogP contribution in [0.15, 0.2) is 72.9 Å². The van der Waals surface area contributed by atoms with E-state index in [1.165, 1.54) is 32.4 Å². The van der Waals surface area contributed by atoms with Gasteiger partial charge in [-0.3, -0.25) is 0 Å². The van der Waals surface area contributed by atoms with Gasteiger partial charge in [0, 0.05) is 49.1 Å². The predicted molar refractivity (Wildman–Crippen MR) is 177 cm³/mol. The normalized spacial score (nSPS) is 13.3. The number of rotatable bonds is 10. The van der Waals surface area contributed by atoms with Gasteiger partial charge < -0.3 is 24.8 Å². The number of phenols is 1. The third-order valence-corrected chi connectivity index (χ3v) is 8.26. The lowest BCUT2D eigenvalue weighted by Crippen LogP contribution is -2.43. The maximum absolute atomic E-state index is 14.9. The van der Waals surface area contributed by atoms with Crippen LogP contribution < -0.4 is 15.0 Å². The van der Waals surface area contributed by atoms with Crippen molar-refractivity contribution in [1.82, 2.24) is 10.3 Å². The second kappa shape index (κ2) is 15.0. The van der Waals surface area contributed by atoms with E-state index >= 15 is 0 Å². The van der Waals surface area contributed by atoms with Gasteiger partial charge in [-0.2, -0.15) is 10.5 Å². The van der Waals surface area contributed by atoms with Crippen molar-refractivity contribution in [2.24, 2.45) is 0 Å². The van der Waals surface area contributed by atoms with E-state index in [1.54, 1.807) is 36.5 Å². The Morgan fingerprint density at radius 3 is 2.47 bits per heavy atom. The minimum Gasteiger partial charge on any atom is -0.504 e. The molecule has 9 nitrogen and oxygen atoms in total. The molecule has 0 saturated carbocycles. The molecule has 0 atom stereocenters. The van der Waals surface area contributed by atoms with E-state index in [0.717, 1.165) is 24.0 Å². The van der Waals surface area contributed by atoms with Gasteiger partial charge in [-0.25, -0.2) is 14.2 Å². The van der Waals surface area contributed by atoms with Crippen LogP contribution in [0.1, 0.15) is 35.1 Å². The SMILES string of the molecule is COC(=O)/C=C/c1ccc(CNC2CCN(c3ncc(-c4ccc(OC)c(O)c4)c(-c4ccc(C#N)c(F)c4)c3CC#N)CC2)cc1. The maximum atomic E-state index is 14.9. The maximum Gasteiger partial charge on any atom is 0.330 e. The highest BCUT2D eigenvalue weighted by molar-refractivity contribution is 5.89. The molecule has 2 N–H and O–H groups in total. The van der Waals surface area contributed by atoms with Crippen molar-refractivity contribution < 1.29 is 23.8 Å². The summed E-state index contributed by atoms with van der Waals surface area (Å²) in [6.07, 6.45) is 6.52. The van der Waals surface area contributed by atoms with Crippen molar-refractivity contribution in [3.63, 3.8) is 0 Å². The Morgan fingerprint density at radius 1 is 1.09 bits per heavy atom. The number of nitrogens with one attached hydrogen (secondary N) is 1. The average Bonchev–Trinajstić information content (AvgIpc) is 3.10. The smallest absolute Gasteiger partial charge is 0.330 e. The van der Waals surface area contributed by atoms with E-state index in [2.05, 4.69) is 21.0 Å². The second-order valence-corrected chi connectivity index (χ2v) is 11.1. The Labute approximate surface area is 273 Å². The number of hydrogen-bond acceptors (Lipinski definition) is 9. The van der Waals surface area contributed by atoms with Gasteiger partial charge in [-0.05, 0) is 71.0 Å².